The highest BCUT2D eigenvalue weighted by molar-refractivity contribution is 7.80. The number of thiocarbonyl (C=S) groups is 1. The van der Waals surface area contributed by atoms with Gasteiger partial charge in [-0.2, -0.15) is 0 Å². The molecule has 3 nitrogen and oxygen atoms in total. The van der Waals surface area contributed by atoms with Gasteiger partial charge in [-0.25, -0.2) is 0 Å². The minimum Gasteiger partial charge on any atom is -0.362 e. The van der Waals surface area contributed by atoms with Gasteiger partial charge >= 0.3 is 0 Å². The van der Waals surface area contributed by atoms with Gasteiger partial charge in [-0.1, -0.05) is 29.3 Å². The average Bonchev–Trinajstić information content (AvgIpc) is 2.48. The van der Waals surface area contributed by atoms with Crippen LogP contribution in [0.5, 0.6) is 0 Å². The first-order valence-corrected chi connectivity index (χ1v) is 7.96. The second kappa shape index (κ2) is 8.15. The molecule has 112 valence electrons. The Morgan fingerprint density at radius 3 is 2.90 bits per heavy atom. The van der Waals surface area contributed by atoms with Crippen molar-refractivity contribution in [3.8, 4) is 0 Å². The van der Waals surface area contributed by atoms with Crippen LogP contribution in [-0.4, -0.2) is 17.6 Å². The molecule has 0 unspecified atom stereocenters. The Bertz CT molecular complexity index is 557. The molecule has 1 aliphatic carbocycles. The van der Waals surface area contributed by atoms with E-state index in [1.54, 1.807) is 24.3 Å². The second-order valence-electron chi connectivity index (χ2n) is 5.08. The molecule has 5 heteroatoms. The fraction of sp³-hybridized carbons (Fsp3) is 0.375. The summed E-state index contributed by atoms with van der Waals surface area (Å²) in [5.74, 6) is -0.244. The number of carbonyl (C=O) groups is 1. The lowest BCUT2D eigenvalue weighted by molar-refractivity contribution is 0.0976. The van der Waals surface area contributed by atoms with Gasteiger partial charge in [-0.05, 0) is 62.5 Å². The maximum absolute atomic E-state index is 12.0. The molecular weight excluding hydrogens is 304 g/mol. The monoisotopic (exact) mass is 322 g/mol. The number of nitrogens with one attached hydrogen (secondary N) is 2. The van der Waals surface area contributed by atoms with Gasteiger partial charge in [0.25, 0.3) is 5.91 Å². The molecule has 2 N–H and O–H groups in total. The predicted octanol–water partition coefficient (Wildman–Crippen LogP) is 3.83. The third-order valence-corrected chi connectivity index (χ3v) is 3.91. The largest absolute Gasteiger partial charge is 0.362 e. The summed E-state index contributed by atoms with van der Waals surface area (Å²) in [5.41, 5.74) is 1.99. The maximum Gasteiger partial charge on any atom is 0.257 e. The van der Waals surface area contributed by atoms with Crippen molar-refractivity contribution in [3.05, 3.63) is 46.5 Å². The van der Waals surface area contributed by atoms with E-state index in [0.717, 1.165) is 13.0 Å². The van der Waals surface area contributed by atoms with Gasteiger partial charge in [0.15, 0.2) is 5.11 Å². The lowest BCUT2D eigenvalue weighted by atomic mass is 9.97. The Morgan fingerprint density at radius 2 is 2.19 bits per heavy atom. The molecule has 0 atom stereocenters. The number of amides is 1. The topological polar surface area (TPSA) is 41.1 Å². The van der Waals surface area contributed by atoms with Crippen molar-refractivity contribution in [1.29, 1.82) is 0 Å². The first-order valence-electron chi connectivity index (χ1n) is 7.18. The number of halogens is 1. The molecule has 1 amide bonds. The standard InChI is InChI=1S/C16H19ClN2OS/c17-14-8-4-7-13(11-14)15(20)19-16(21)18-10-9-12-5-2-1-3-6-12/h4-5,7-8,11H,1-3,6,9-10H2,(H2,18,19,20,21). The van der Waals surface area contributed by atoms with E-state index in [0.29, 0.717) is 15.7 Å². The zero-order valence-electron chi connectivity index (χ0n) is 11.8. The lowest BCUT2D eigenvalue weighted by Gasteiger charge is -2.14. The zero-order valence-corrected chi connectivity index (χ0v) is 13.4. The molecule has 0 aromatic heterocycles. The first kappa shape index (κ1) is 16.0. The maximum atomic E-state index is 12.0. The van der Waals surface area contributed by atoms with E-state index in [4.69, 9.17) is 23.8 Å². The Kier molecular flexibility index (Phi) is 6.21. The van der Waals surface area contributed by atoms with Crippen molar-refractivity contribution in [2.75, 3.05) is 6.54 Å². The van der Waals surface area contributed by atoms with Crippen LogP contribution < -0.4 is 10.6 Å². The molecule has 0 saturated carbocycles. The van der Waals surface area contributed by atoms with Crippen molar-refractivity contribution in [1.82, 2.24) is 10.6 Å². The van der Waals surface area contributed by atoms with E-state index in [1.165, 1.54) is 31.3 Å². The van der Waals surface area contributed by atoms with Gasteiger partial charge in [0.2, 0.25) is 0 Å². The quantitative estimate of drug-likeness (QED) is 0.654. The average molecular weight is 323 g/mol. The van der Waals surface area contributed by atoms with Crippen LogP contribution in [0.4, 0.5) is 0 Å². The molecule has 0 bridgehead atoms. The fourth-order valence-corrected chi connectivity index (χ4v) is 2.70. The number of rotatable bonds is 4. The van der Waals surface area contributed by atoms with Crippen LogP contribution in [-0.2, 0) is 0 Å². The molecule has 0 radical (unpaired) electrons. The molecule has 1 aliphatic rings. The smallest absolute Gasteiger partial charge is 0.257 e. The molecule has 1 aromatic carbocycles. The molecule has 1 aromatic rings. The highest BCUT2D eigenvalue weighted by Gasteiger charge is 2.08. The van der Waals surface area contributed by atoms with E-state index < -0.39 is 0 Å². The van der Waals surface area contributed by atoms with Crippen molar-refractivity contribution in [2.24, 2.45) is 0 Å². The summed E-state index contributed by atoms with van der Waals surface area (Å²) in [4.78, 5) is 12.0. The third kappa shape index (κ3) is 5.48. The van der Waals surface area contributed by atoms with E-state index in [9.17, 15) is 4.79 Å². The highest BCUT2D eigenvalue weighted by Crippen LogP contribution is 2.19. The number of hydrogen-bond acceptors (Lipinski definition) is 2. The SMILES string of the molecule is O=C(NC(=S)NCCC1=CCCCC1)c1cccc(Cl)c1. The van der Waals surface area contributed by atoms with Crippen molar-refractivity contribution in [3.63, 3.8) is 0 Å². The molecule has 0 spiro atoms. The third-order valence-electron chi connectivity index (χ3n) is 3.43. The van der Waals surface area contributed by atoms with Gasteiger partial charge < -0.3 is 5.32 Å². The van der Waals surface area contributed by atoms with Crippen LogP contribution in [0.2, 0.25) is 5.02 Å². The number of benzene rings is 1. The van der Waals surface area contributed by atoms with Gasteiger partial charge in [0.05, 0.1) is 0 Å². The predicted molar refractivity (Wildman–Crippen MR) is 90.7 cm³/mol. The second-order valence-corrected chi connectivity index (χ2v) is 5.92. The van der Waals surface area contributed by atoms with Crippen LogP contribution in [0.25, 0.3) is 0 Å². The molecule has 0 saturated heterocycles. The van der Waals surface area contributed by atoms with Gasteiger partial charge in [-0.15, -0.1) is 0 Å². The summed E-state index contributed by atoms with van der Waals surface area (Å²) in [6.07, 6.45) is 8.24. The molecule has 2 rings (SSSR count). The van der Waals surface area contributed by atoms with Gasteiger partial charge in [0, 0.05) is 17.1 Å². The van der Waals surface area contributed by atoms with Crippen LogP contribution in [0.15, 0.2) is 35.9 Å². The van der Waals surface area contributed by atoms with Crippen molar-refractivity contribution < 1.29 is 4.79 Å². The summed E-state index contributed by atoms with van der Waals surface area (Å²) in [7, 11) is 0. The Labute approximate surface area is 135 Å². The summed E-state index contributed by atoms with van der Waals surface area (Å²) in [6, 6.07) is 6.79. The molecule has 21 heavy (non-hydrogen) atoms. The van der Waals surface area contributed by atoms with E-state index in [1.807, 2.05) is 0 Å². The van der Waals surface area contributed by atoms with Gasteiger partial charge in [-0.3, -0.25) is 10.1 Å². The molecular formula is C16H19ClN2OS. The Balaban J connectivity index is 1.74. The van der Waals surface area contributed by atoms with Crippen LogP contribution in [0.3, 0.4) is 0 Å². The van der Waals surface area contributed by atoms with Gasteiger partial charge in [0.1, 0.15) is 0 Å². The Hall–Kier alpha value is -1.39. The molecule has 0 heterocycles. The van der Waals surface area contributed by atoms with E-state index in [2.05, 4.69) is 16.7 Å². The zero-order chi connectivity index (χ0) is 15.1. The summed E-state index contributed by atoms with van der Waals surface area (Å²) in [5, 5.41) is 6.63. The van der Waals surface area contributed by atoms with E-state index in [-0.39, 0.29) is 5.91 Å². The minimum absolute atomic E-state index is 0.244. The minimum atomic E-state index is -0.244. The van der Waals surface area contributed by atoms with Crippen LogP contribution >= 0.6 is 23.8 Å². The van der Waals surface area contributed by atoms with Crippen LogP contribution in [0.1, 0.15) is 42.5 Å². The lowest BCUT2D eigenvalue weighted by Crippen LogP contribution is -2.39. The Morgan fingerprint density at radius 1 is 1.33 bits per heavy atom. The van der Waals surface area contributed by atoms with E-state index >= 15 is 0 Å². The normalized spacial score (nSPS) is 14.2. The summed E-state index contributed by atoms with van der Waals surface area (Å²) >= 11 is 11.0. The van der Waals surface area contributed by atoms with Crippen molar-refractivity contribution >= 4 is 34.8 Å². The number of hydrogen-bond donors (Lipinski definition) is 2. The fourth-order valence-electron chi connectivity index (χ4n) is 2.32. The van der Waals surface area contributed by atoms with Crippen molar-refractivity contribution in [2.45, 2.75) is 32.1 Å². The summed E-state index contributed by atoms with van der Waals surface area (Å²) in [6.45, 7) is 0.750. The first-order chi connectivity index (χ1) is 10.1. The number of allylic oxidation sites excluding steroid dienone is 1. The molecule has 0 fully saturated rings. The highest BCUT2D eigenvalue weighted by atomic mass is 35.5. The summed E-state index contributed by atoms with van der Waals surface area (Å²) < 4.78 is 0. The van der Waals surface area contributed by atoms with Crippen LogP contribution in [0, 0.1) is 0 Å². The molecule has 0 aliphatic heterocycles. The number of carbonyl (C=O) groups excluding carboxylic acids is 1.